The number of nitrogens with two attached hydrogens (primary N) is 1. The Labute approximate surface area is 115 Å². The van der Waals surface area contributed by atoms with E-state index >= 15 is 0 Å². The minimum atomic E-state index is 0.0872. The molecule has 1 heterocycles. The molecule has 3 heteroatoms. The average molecular weight is 258 g/mol. The summed E-state index contributed by atoms with van der Waals surface area (Å²) in [5, 5.41) is 0. The standard InChI is InChI=1S/C16H22N2O/c1-16(2,3)13-8-10-18(11-9-13)15(19)12-4-6-14(17)7-5-12/h4-8H,9-11,17H2,1-3H3. The first-order valence-electron chi connectivity index (χ1n) is 6.72. The zero-order valence-electron chi connectivity index (χ0n) is 11.9. The lowest BCUT2D eigenvalue weighted by Gasteiger charge is -2.32. The second kappa shape index (κ2) is 5.08. The molecule has 0 bridgehead atoms. The Hall–Kier alpha value is -1.77. The second-order valence-corrected chi connectivity index (χ2v) is 6.10. The number of hydrogen-bond acceptors (Lipinski definition) is 2. The van der Waals surface area contributed by atoms with Crippen LogP contribution in [0.5, 0.6) is 0 Å². The van der Waals surface area contributed by atoms with Crippen LogP contribution in [0, 0.1) is 5.41 Å². The van der Waals surface area contributed by atoms with Crippen LogP contribution >= 0.6 is 0 Å². The van der Waals surface area contributed by atoms with Crippen molar-refractivity contribution in [3.05, 3.63) is 41.5 Å². The van der Waals surface area contributed by atoms with Crippen molar-refractivity contribution in [1.82, 2.24) is 4.90 Å². The zero-order chi connectivity index (χ0) is 14.0. The van der Waals surface area contributed by atoms with Gasteiger partial charge < -0.3 is 10.6 Å². The van der Waals surface area contributed by atoms with Crippen LogP contribution in [-0.2, 0) is 0 Å². The molecule has 0 aliphatic carbocycles. The van der Waals surface area contributed by atoms with Crippen molar-refractivity contribution in [3.8, 4) is 0 Å². The van der Waals surface area contributed by atoms with Gasteiger partial charge in [0.05, 0.1) is 0 Å². The van der Waals surface area contributed by atoms with Crippen LogP contribution in [0.15, 0.2) is 35.9 Å². The molecule has 102 valence electrons. The highest BCUT2D eigenvalue weighted by Crippen LogP contribution is 2.30. The molecule has 0 spiro atoms. The highest BCUT2D eigenvalue weighted by atomic mass is 16.2. The minimum Gasteiger partial charge on any atom is -0.399 e. The van der Waals surface area contributed by atoms with Gasteiger partial charge in [-0.05, 0) is 36.1 Å². The van der Waals surface area contributed by atoms with Crippen LogP contribution in [0.25, 0.3) is 0 Å². The van der Waals surface area contributed by atoms with E-state index in [0.29, 0.717) is 17.8 Å². The number of nitrogen functional groups attached to an aromatic ring is 1. The summed E-state index contributed by atoms with van der Waals surface area (Å²) in [4.78, 5) is 14.2. The van der Waals surface area contributed by atoms with Crippen molar-refractivity contribution < 1.29 is 4.79 Å². The first-order valence-corrected chi connectivity index (χ1v) is 6.72. The summed E-state index contributed by atoms with van der Waals surface area (Å²) in [6.45, 7) is 8.16. The fraction of sp³-hybridized carbons (Fsp3) is 0.438. The Bertz CT molecular complexity index is 494. The Morgan fingerprint density at radius 1 is 1.21 bits per heavy atom. The van der Waals surface area contributed by atoms with E-state index in [4.69, 9.17) is 5.73 Å². The Morgan fingerprint density at radius 2 is 1.84 bits per heavy atom. The fourth-order valence-electron chi connectivity index (χ4n) is 2.34. The number of carbonyl (C=O) groups is 1. The number of hydrogen-bond donors (Lipinski definition) is 1. The first kappa shape index (κ1) is 13.7. The topological polar surface area (TPSA) is 46.3 Å². The third-order valence-corrected chi connectivity index (χ3v) is 3.62. The normalized spacial score (nSPS) is 16.2. The van der Waals surface area contributed by atoms with Gasteiger partial charge in [-0.2, -0.15) is 0 Å². The van der Waals surface area contributed by atoms with Crippen LogP contribution in [0.2, 0.25) is 0 Å². The number of nitrogens with zero attached hydrogens (tertiary/aromatic N) is 1. The summed E-state index contributed by atoms with van der Waals surface area (Å²) >= 11 is 0. The van der Waals surface area contributed by atoms with Crippen molar-refractivity contribution in [2.75, 3.05) is 18.8 Å². The maximum absolute atomic E-state index is 12.3. The van der Waals surface area contributed by atoms with E-state index in [0.717, 1.165) is 13.0 Å². The fourth-order valence-corrected chi connectivity index (χ4v) is 2.34. The molecule has 1 amide bonds. The highest BCUT2D eigenvalue weighted by molar-refractivity contribution is 5.94. The monoisotopic (exact) mass is 258 g/mol. The molecule has 0 atom stereocenters. The van der Waals surface area contributed by atoms with Crippen molar-refractivity contribution in [3.63, 3.8) is 0 Å². The first-order chi connectivity index (χ1) is 8.88. The molecule has 0 saturated carbocycles. The smallest absolute Gasteiger partial charge is 0.254 e. The summed E-state index contributed by atoms with van der Waals surface area (Å²) in [6, 6.07) is 7.13. The lowest BCUT2D eigenvalue weighted by Crippen LogP contribution is -2.36. The van der Waals surface area contributed by atoms with E-state index < -0.39 is 0 Å². The van der Waals surface area contributed by atoms with Crippen LogP contribution in [0.4, 0.5) is 5.69 Å². The zero-order valence-corrected chi connectivity index (χ0v) is 11.9. The lowest BCUT2D eigenvalue weighted by atomic mass is 9.83. The van der Waals surface area contributed by atoms with E-state index in [1.54, 1.807) is 24.3 Å². The van der Waals surface area contributed by atoms with Gasteiger partial charge in [-0.3, -0.25) is 4.79 Å². The van der Waals surface area contributed by atoms with E-state index in [2.05, 4.69) is 26.8 Å². The third-order valence-electron chi connectivity index (χ3n) is 3.62. The van der Waals surface area contributed by atoms with Crippen molar-refractivity contribution in [1.29, 1.82) is 0 Å². The Morgan fingerprint density at radius 3 is 2.32 bits per heavy atom. The third kappa shape index (κ3) is 3.16. The number of carbonyl (C=O) groups excluding carboxylic acids is 1. The van der Waals surface area contributed by atoms with E-state index in [-0.39, 0.29) is 11.3 Å². The van der Waals surface area contributed by atoms with Crippen LogP contribution in [0.1, 0.15) is 37.6 Å². The van der Waals surface area contributed by atoms with Gasteiger partial charge in [-0.1, -0.05) is 32.4 Å². The molecule has 0 unspecified atom stereocenters. The molecule has 0 aromatic heterocycles. The molecule has 1 aliphatic rings. The van der Waals surface area contributed by atoms with Gasteiger partial charge in [0.2, 0.25) is 0 Å². The summed E-state index contributed by atoms with van der Waals surface area (Å²) < 4.78 is 0. The Kier molecular flexibility index (Phi) is 3.65. The molecule has 0 radical (unpaired) electrons. The van der Waals surface area contributed by atoms with Gasteiger partial charge in [-0.25, -0.2) is 0 Å². The van der Waals surface area contributed by atoms with Crippen LogP contribution in [-0.4, -0.2) is 23.9 Å². The lowest BCUT2D eigenvalue weighted by molar-refractivity contribution is 0.0765. The molecule has 2 N–H and O–H groups in total. The molecular formula is C16H22N2O. The molecular weight excluding hydrogens is 236 g/mol. The number of anilines is 1. The summed E-state index contributed by atoms with van der Waals surface area (Å²) in [5.41, 5.74) is 8.68. The molecule has 1 aliphatic heterocycles. The largest absolute Gasteiger partial charge is 0.399 e. The van der Waals surface area contributed by atoms with Gasteiger partial charge in [-0.15, -0.1) is 0 Å². The van der Waals surface area contributed by atoms with E-state index in [1.807, 2.05) is 4.90 Å². The number of rotatable bonds is 1. The second-order valence-electron chi connectivity index (χ2n) is 6.10. The Balaban J connectivity index is 2.07. The van der Waals surface area contributed by atoms with Gasteiger partial charge >= 0.3 is 0 Å². The summed E-state index contributed by atoms with van der Waals surface area (Å²) in [7, 11) is 0. The molecule has 3 nitrogen and oxygen atoms in total. The van der Waals surface area contributed by atoms with Gasteiger partial charge in [0, 0.05) is 24.3 Å². The molecule has 1 aromatic rings. The van der Waals surface area contributed by atoms with Gasteiger partial charge in [0.25, 0.3) is 5.91 Å². The molecule has 19 heavy (non-hydrogen) atoms. The molecule has 1 aromatic carbocycles. The maximum atomic E-state index is 12.3. The summed E-state index contributed by atoms with van der Waals surface area (Å²) in [6.07, 6.45) is 3.16. The number of benzene rings is 1. The molecule has 2 rings (SSSR count). The van der Waals surface area contributed by atoms with Crippen LogP contribution < -0.4 is 5.73 Å². The van der Waals surface area contributed by atoms with E-state index in [1.165, 1.54) is 5.57 Å². The summed E-state index contributed by atoms with van der Waals surface area (Å²) in [5.74, 6) is 0.0872. The average Bonchev–Trinajstić information content (AvgIpc) is 2.38. The van der Waals surface area contributed by atoms with E-state index in [9.17, 15) is 4.79 Å². The van der Waals surface area contributed by atoms with Crippen LogP contribution in [0.3, 0.4) is 0 Å². The van der Waals surface area contributed by atoms with Gasteiger partial charge in [0.15, 0.2) is 0 Å². The highest BCUT2D eigenvalue weighted by Gasteiger charge is 2.24. The minimum absolute atomic E-state index is 0.0872. The molecule has 0 saturated heterocycles. The molecule has 0 fully saturated rings. The quantitative estimate of drug-likeness (QED) is 0.621. The predicted molar refractivity (Wildman–Crippen MR) is 78.9 cm³/mol. The maximum Gasteiger partial charge on any atom is 0.254 e. The van der Waals surface area contributed by atoms with Gasteiger partial charge in [0.1, 0.15) is 0 Å². The van der Waals surface area contributed by atoms with Crippen molar-refractivity contribution in [2.45, 2.75) is 27.2 Å². The number of amides is 1. The van der Waals surface area contributed by atoms with Crippen molar-refractivity contribution in [2.24, 2.45) is 5.41 Å². The SMILES string of the molecule is CC(C)(C)C1=CCN(C(=O)c2ccc(N)cc2)CC1. The van der Waals surface area contributed by atoms with Crippen molar-refractivity contribution >= 4 is 11.6 Å². The predicted octanol–water partition coefficient (Wildman–Crippen LogP) is 3.09.